The van der Waals surface area contributed by atoms with Crippen molar-refractivity contribution in [3.8, 4) is 5.75 Å². The molecule has 0 aromatic heterocycles. The molecule has 1 atom stereocenters. The fourth-order valence-corrected chi connectivity index (χ4v) is 2.04. The van der Waals surface area contributed by atoms with Crippen molar-refractivity contribution in [2.24, 2.45) is 5.73 Å². The van der Waals surface area contributed by atoms with Gasteiger partial charge in [0.1, 0.15) is 5.75 Å². The zero-order valence-electron chi connectivity index (χ0n) is 13.4. The monoisotopic (exact) mass is 349 g/mol. The first-order chi connectivity index (χ1) is 11.8. The highest BCUT2D eigenvalue weighted by atomic mass is 19.2. The van der Waals surface area contributed by atoms with Crippen molar-refractivity contribution in [2.45, 2.75) is 19.6 Å². The molecule has 6 nitrogen and oxygen atoms in total. The van der Waals surface area contributed by atoms with E-state index in [-0.39, 0.29) is 12.3 Å². The summed E-state index contributed by atoms with van der Waals surface area (Å²) in [7, 11) is 0. The number of rotatable bonds is 6. The molecule has 2 rings (SSSR count). The maximum Gasteiger partial charge on any atom is 0.316 e. The molecule has 3 amide bonds. The van der Waals surface area contributed by atoms with Crippen LogP contribution in [0.1, 0.15) is 12.5 Å². The molecule has 8 heteroatoms. The lowest BCUT2D eigenvalue weighted by Gasteiger charge is -2.15. The lowest BCUT2D eigenvalue weighted by atomic mass is 10.2. The van der Waals surface area contributed by atoms with Crippen LogP contribution in [0.25, 0.3) is 0 Å². The van der Waals surface area contributed by atoms with Gasteiger partial charge in [0.05, 0.1) is 0 Å². The van der Waals surface area contributed by atoms with Crippen LogP contribution in [0, 0.1) is 11.6 Å². The number of carbonyl (C=O) groups is 2. The van der Waals surface area contributed by atoms with E-state index >= 15 is 0 Å². The summed E-state index contributed by atoms with van der Waals surface area (Å²) in [5.74, 6) is -2.43. The Morgan fingerprint density at radius 2 is 1.92 bits per heavy atom. The van der Waals surface area contributed by atoms with Crippen LogP contribution in [0.4, 0.5) is 19.3 Å². The third-order valence-electron chi connectivity index (χ3n) is 3.23. The highest BCUT2D eigenvalue weighted by molar-refractivity contribution is 5.87. The van der Waals surface area contributed by atoms with Crippen molar-refractivity contribution in [3.63, 3.8) is 0 Å². The van der Waals surface area contributed by atoms with Gasteiger partial charge in [-0.15, -0.1) is 0 Å². The minimum atomic E-state index is -1.05. The Bertz CT molecular complexity index is 783. The fourth-order valence-electron chi connectivity index (χ4n) is 2.04. The minimum Gasteiger partial charge on any atom is -0.481 e. The van der Waals surface area contributed by atoms with Gasteiger partial charge < -0.3 is 21.1 Å². The lowest BCUT2D eigenvalue weighted by molar-refractivity contribution is -0.127. The number of ether oxygens (including phenoxy) is 1. The third-order valence-corrected chi connectivity index (χ3v) is 3.23. The fraction of sp³-hybridized carbons (Fsp3) is 0.176. The molecule has 0 aliphatic heterocycles. The molecule has 0 spiro atoms. The molecule has 25 heavy (non-hydrogen) atoms. The number of primary amides is 1. The first kappa shape index (κ1) is 18.2. The first-order valence-corrected chi connectivity index (χ1v) is 7.40. The predicted octanol–water partition coefficient (Wildman–Crippen LogP) is 2.54. The van der Waals surface area contributed by atoms with Crippen molar-refractivity contribution < 1.29 is 23.1 Å². The Morgan fingerprint density at radius 3 is 2.60 bits per heavy atom. The minimum absolute atomic E-state index is 0.0502. The van der Waals surface area contributed by atoms with E-state index in [4.69, 9.17) is 10.5 Å². The number of carbonyl (C=O) groups excluding carboxylic acids is 2. The lowest BCUT2D eigenvalue weighted by Crippen LogP contribution is -2.35. The van der Waals surface area contributed by atoms with Gasteiger partial charge in [0.25, 0.3) is 5.91 Å². The van der Waals surface area contributed by atoms with E-state index in [1.807, 2.05) is 0 Å². The number of anilines is 1. The van der Waals surface area contributed by atoms with E-state index in [1.54, 1.807) is 24.3 Å². The number of halogens is 2. The smallest absolute Gasteiger partial charge is 0.316 e. The summed E-state index contributed by atoms with van der Waals surface area (Å²) in [5, 5.41) is 5.08. The number of hydrogen-bond donors (Lipinski definition) is 3. The van der Waals surface area contributed by atoms with E-state index in [0.29, 0.717) is 5.69 Å². The van der Waals surface area contributed by atoms with Gasteiger partial charge in [0.2, 0.25) is 0 Å². The maximum absolute atomic E-state index is 13.1. The Labute approximate surface area is 143 Å². The zero-order chi connectivity index (χ0) is 18.4. The first-order valence-electron chi connectivity index (χ1n) is 7.40. The molecule has 2 aromatic carbocycles. The van der Waals surface area contributed by atoms with E-state index in [1.165, 1.54) is 13.0 Å². The number of urea groups is 1. The van der Waals surface area contributed by atoms with Gasteiger partial charge in [-0.1, -0.05) is 12.1 Å². The van der Waals surface area contributed by atoms with Crippen LogP contribution in [0.2, 0.25) is 0 Å². The van der Waals surface area contributed by atoms with Crippen LogP contribution in [0.5, 0.6) is 5.75 Å². The molecule has 0 saturated heterocycles. The van der Waals surface area contributed by atoms with Gasteiger partial charge in [-0.3, -0.25) is 4.79 Å². The Kier molecular flexibility index (Phi) is 5.89. The standard InChI is InChI=1S/C17H17F2N3O3/c1-10(25-13-5-6-14(18)15(19)8-13)16(23)21-9-11-3-2-4-12(7-11)22-17(20)24/h2-8,10H,9H2,1H3,(H,21,23)(H3,20,22,24). The number of benzene rings is 2. The number of hydrogen-bond acceptors (Lipinski definition) is 3. The second kappa shape index (κ2) is 8.09. The Morgan fingerprint density at radius 1 is 1.16 bits per heavy atom. The van der Waals surface area contributed by atoms with Crippen LogP contribution >= 0.6 is 0 Å². The summed E-state index contributed by atoms with van der Waals surface area (Å²) >= 11 is 0. The van der Waals surface area contributed by atoms with Crippen LogP contribution in [-0.2, 0) is 11.3 Å². The van der Waals surface area contributed by atoms with Crippen molar-refractivity contribution in [1.29, 1.82) is 0 Å². The number of nitrogens with two attached hydrogens (primary N) is 1. The van der Waals surface area contributed by atoms with Crippen molar-refractivity contribution in [3.05, 3.63) is 59.7 Å². The molecule has 1 unspecified atom stereocenters. The second-order valence-electron chi connectivity index (χ2n) is 5.24. The molecule has 132 valence electrons. The molecule has 0 bridgehead atoms. The van der Waals surface area contributed by atoms with Gasteiger partial charge in [-0.25, -0.2) is 13.6 Å². The quantitative estimate of drug-likeness (QED) is 0.748. The summed E-state index contributed by atoms with van der Waals surface area (Å²) in [6.07, 6.45) is -0.906. The SMILES string of the molecule is CC(Oc1ccc(F)c(F)c1)C(=O)NCc1cccc(NC(N)=O)c1. The van der Waals surface area contributed by atoms with Gasteiger partial charge in [0, 0.05) is 18.3 Å². The molecule has 0 aliphatic rings. The zero-order valence-corrected chi connectivity index (χ0v) is 13.4. The van der Waals surface area contributed by atoms with Gasteiger partial charge in [-0.05, 0) is 36.8 Å². The summed E-state index contributed by atoms with van der Waals surface area (Å²) in [6, 6.07) is 9.12. The third kappa shape index (κ3) is 5.45. The molecular formula is C17H17F2N3O3. The summed E-state index contributed by atoms with van der Waals surface area (Å²) in [6.45, 7) is 1.68. The van der Waals surface area contributed by atoms with Crippen LogP contribution in [-0.4, -0.2) is 18.0 Å². The summed E-state index contributed by atoms with van der Waals surface area (Å²) in [4.78, 5) is 22.9. The second-order valence-corrected chi connectivity index (χ2v) is 5.24. The van der Waals surface area contributed by atoms with Crippen LogP contribution < -0.4 is 21.1 Å². The molecule has 0 saturated carbocycles. The highest BCUT2D eigenvalue weighted by Crippen LogP contribution is 2.17. The van der Waals surface area contributed by atoms with Crippen molar-refractivity contribution >= 4 is 17.6 Å². The topological polar surface area (TPSA) is 93.4 Å². The number of amides is 3. The summed E-state index contributed by atoms with van der Waals surface area (Å²) in [5.41, 5.74) is 6.28. The predicted molar refractivity (Wildman–Crippen MR) is 87.9 cm³/mol. The van der Waals surface area contributed by atoms with E-state index in [0.717, 1.165) is 17.7 Å². The largest absolute Gasteiger partial charge is 0.481 e. The average Bonchev–Trinajstić information content (AvgIpc) is 2.55. The molecular weight excluding hydrogens is 332 g/mol. The van der Waals surface area contributed by atoms with E-state index in [9.17, 15) is 18.4 Å². The Hall–Kier alpha value is -3.16. The van der Waals surface area contributed by atoms with Crippen molar-refractivity contribution in [1.82, 2.24) is 5.32 Å². The molecule has 0 radical (unpaired) electrons. The highest BCUT2D eigenvalue weighted by Gasteiger charge is 2.15. The normalized spacial score (nSPS) is 11.5. The van der Waals surface area contributed by atoms with Crippen LogP contribution in [0.15, 0.2) is 42.5 Å². The van der Waals surface area contributed by atoms with Gasteiger partial charge in [0.15, 0.2) is 17.7 Å². The average molecular weight is 349 g/mol. The van der Waals surface area contributed by atoms with Gasteiger partial charge in [-0.2, -0.15) is 0 Å². The number of nitrogens with one attached hydrogen (secondary N) is 2. The van der Waals surface area contributed by atoms with Crippen LogP contribution in [0.3, 0.4) is 0 Å². The summed E-state index contributed by atoms with van der Waals surface area (Å²) < 4.78 is 31.3. The maximum atomic E-state index is 13.1. The molecule has 4 N–H and O–H groups in total. The molecule has 0 aliphatic carbocycles. The molecule has 0 heterocycles. The van der Waals surface area contributed by atoms with E-state index in [2.05, 4.69) is 10.6 Å². The van der Waals surface area contributed by atoms with E-state index < -0.39 is 29.7 Å². The van der Waals surface area contributed by atoms with Crippen molar-refractivity contribution in [2.75, 3.05) is 5.32 Å². The molecule has 0 fully saturated rings. The van der Waals surface area contributed by atoms with Gasteiger partial charge >= 0.3 is 6.03 Å². The molecule has 2 aromatic rings. The Balaban J connectivity index is 1.90.